The number of hydrogen-bond acceptors (Lipinski definition) is 5. The SMILES string of the molecule is CCc1cccc(C)c1NC(=O)CSc1nc2ccsc2c(=O)n1Cc1ccccc1F. The van der Waals surface area contributed by atoms with Crippen molar-refractivity contribution in [1.29, 1.82) is 0 Å². The number of amides is 1. The molecule has 0 atom stereocenters. The molecule has 0 saturated heterocycles. The summed E-state index contributed by atoms with van der Waals surface area (Å²) in [6.45, 7) is 4.05. The van der Waals surface area contributed by atoms with Crippen LogP contribution in [0.5, 0.6) is 0 Å². The van der Waals surface area contributed by atoms with Crippen LogP contribution in [0.2, 0.25) is 0 Å². The number of thioether (sulfide) groups is 1. The van der Waals surface area contributed by atoms with Crippen LogP contribution >= 0.6 is 23.1 Å². The highest BCUT2D eigenvalue weighted by Gasteiger charge is 2.16. The molecule has 0 saturated carbocycles. The molecule has 0 bridgehead atoms. The molecule has 5 nitrogen and oxygen atoms in total. The summed E-state index contributed by atoms with van der Waals surface area (Å²) in [5.41, 5.74) is 3.63. The number of aryl methyl sites for hydroxylation is 2. The minimum Gasteiger partial charge on any atom is -0.325 e. The summed E-state index contributed by atoms with van der Waals surface area (Å²) in [4.78, 5) is 30.4. The predicted molar refractivity (Wildman–Crippen MR) is 129 cm³/mol. The average Bonchev–Trinajstić information content (AvgIpc) is 3.26. The summed E-state index contributed by atoms with van der Waals surface area (Å²) in [5.74, 6) is -0.487. The molecule has 2 aromatic carbocycles. The van der Waals surface area contributed by atoms with Crippen molar-refractivity contribution in [1.82, 2.24) is 9.55 Å². The van der Waals surface area contributed by atoms with E-state index in [1.165, 1.54) is 33.7 Å². The van der Waals surface area contributed by atoms with Gasteiger partial charge in [0.2, 0.25) is 5.91 Å². The van der Waals surface area contributed by atoms with Crippen LogP contribution in [0.15, 0.2) is 63.9 Å². The lowest BCUT2D eigenvalue weighted by molar-refractivity contribution is -0.113. The lowest BCUT2D eigenvalue weighted by Crippen LogP contribution is -2.24. The van der Waals surface area contributed by atoms with Gasteiger partial charge >= 0.3 is 0 Å². The van der Waals surface area contributed by atoms with Gasteiger partial charge in [0, 0.05) is 11.3 Å². The first kappa shape index (κ1) is 22.2. The second kappa shape index (κ2) is 9.67. The van der Waals surface area contributed by atoms with Gasteiger partial charge in [-0.25, -0.2) is 9.37 Å². The lowest BCUT2D eigenvalue weighted by Gasteiger charge is -2.14. The van der Waals surface area contributed by atoms with Crippen molar-refractivity contribution in [3.63, 3.8) is 0 Å². The molecule has 0 aliphatic carbocycles. The summed E-state index contributed by atoms with van der Waals surface area (Å²) >= 11 is 2.48. The Balaban J connectivity index is 1.61. The number of nitrogens with zero attached hydrogens (tertiary/aromatic N) is 2. The van der Waals surface area contributed by atoms with Crippen LogP contribution < -0.4 is 10.9 Å². The van der Waals surface area contributed by atoms with Gasteiger partial charge in [0.1, 0.15) is 10.5 Å². The summed E-state index contributed by atoms with van der Waals surface area (Å²) in [6, 6.07) is 14.1. The van der Waals surface area contributed by atoms with Crippen LogP contribution in [-0.2, 0) is 17.8 Å². The molecule has 0 unspecified atom stereocenters. The highest BCUT2D eigenvalue weighted by atomic mass is 32.2. The zero-order chi connectivity index (χ0) is 22.7. The van der Waals surface area contributed by atoms with E-state index in [9.17, 15) is 14.0 Å². The number of aromatic nitrogens is 2. The van der Waals surface area contributed by atoms with Crippen molar-refractivity contribution >= 4 is 44.9 Å². The van der Waals surface area contributed by atoms with Crippen molar-refractivity contribution in [2.75, 3.05) is 11.1 Å². The van der Waals surface area contributed by atoms with Gasteiger partial charge in [-0.3, -0.25) is 14.2 Å². The van der Waals surface area contributed by atoms with E-state index in [-0.39, 0.29) is 29.6 Å². The number of carbonyl (C=O) groups is 1. The molecular formula is C24H22FN3O2S2. The van der Waals surface area contributed by atoms with Gasteiger partial charge in [-0.2, -0.15) is 0 Å². The van der Waals surface area contributed by atoms with Crippen LogP contribution in [0, 0.1) is 12.7 Å². The number of rotatable bonds is 7. The molecule has 1 N–H and O–H groups in total. The molecule has 0 radical (unpaired) electrons. The van der Waals surface area contributed by atoms with E-state index >= 15 is 0 Å². The number of anilines is 1. The van der Waals surface area contributed by atoms with E-state index in [0.717, 1.165) is 23.2 Å². The third-order valence-electron chi connectivity index (χ3n) is 5.15. The molecule has 32 heavy (non-hydrogen) atoms. The largest absolute Gasteiger partial charge is 0.325 e. The Morgan fingerprint density at radius 2 is 1.94 bits per heavy atom. The van der Waals surface area contributed by atoms with Gasteiger partial charge in [0.25, 0.3) is 5.56 Å². The first-order chi connectivity index (χ1) is 15.5. The van der Waals surface area contributed by atoms with E-state index in [0.29, 0.717) is 20.9 Å². The Kier molecular flexibility index (Phi) is 6.72. The number of hydrogen-bond donors (Lipinski definition) is 1. The van der Waals surface area contributed by atoms with Gasteiger partial charge in [0.05, 0.1) is 17.8 Å². The zero-order valence-electron chi connectivity index (χ0n) is 17.7. The number of nitrogens with one attached hydrogen (secondary N) is 1. The Morgan fingerprint density at radius 3 is 2.72 bits per heavy atom. The fourth-order valence-electron chi connectivity index (χ4n) is 3.48. The highest BCUT2D eigenvalue weighted by Crippen LogP contribution is 2.24. The topological polar surface area (TPSA) is 64.0 Å². The summed E-state index contributed by atoms with van der Waals surface area (Å²) in [5, 5.41) is 5.18. The van der Waals surface area contributed by atoms with Gasteiger partial charge in [-0.15, -0.1) is 11.3 Å². The number of fused-ring (bicyclic) bond motifs is 1. The van der Waals surface area contributed by atoms with E-state index in [1.54, 1.807) is 29.6 Å². The molecule has 4 rings (SSSR count). The third kappa shape index (κ3) is 4.61. The Labute approximate surface area is 193 Å². The lowest BCUT2D eigenvalue weighted by atomic mass is 10.1. The Hall–Kier alpha value is -2.97. The molecule has 164 valence electrons. The number of carbonyl (C=O) groups excluding carboxylic acids is 1. The summed E-state index contributed by atoms with van der Waals surface area (Å²) < 4.78 is 16.2. The molecule has 0 aliphatic heterocycles. The van der Waals surface area contributed by atoms with Crippen molar-refractivity contribution in [3.05, 3.63) is 86.8 Å². The third-order valence-corrected chi connectivity index (χ3v) is 7.02. The minimum atomic E-state index is -0.383. The first-order valence-electron chi connectivity index (χ1n) is 10.2. The normalized spacial score (nSPS) is 11.1. The van der Waals surface area contributed by atoms with Gasteiger partial charge < -0.3 is 5.32 Å². The first-order valence-corrected chi connectivity index (χ1v) is 12.1. The molecule has 2 heterocycles. The predicted octanol–water partition coefficient (Wildman–Crippen LogP) is 5.25. The zero-order valence-corrected chi connectivity index (χ0v) is 19.4. The van der Waals surface area contributed by atoms with Gasteiger partial charge in [0.15, 0.2) is 5.16 Å². The number of halogens is 1. The number of benzene rings is 2. The maximum atomic E-state index is 14.3. The van der Waals surface area contributed by atoms with Crippen molar-refractivity contribution < 1.29 is 9.18 Å². The van der Waals surface area contributed by atoms with E-state index < -0.39 is 0 Å². The maximum Gasteiger partial charge on any atom is 0.272 e. The van der Waals surface area contributed by atoms with Crippen LogP contribution in [0.3, 0.4) is 0 Å². The Morgan fingerprint density at radius 1 is 1.16 bits per heavy atom. The van der Waals surface area contributed by atoms with Crippen LogP contribution in [0.25, 0.3) is 10.2 Å². The van der Waals surface area contributed by atoms with E-state index in [1.807, 2.05) is 32.0 Å². The quantitative estimate of drug-likeness (QED) is 0.298. The Bertz CT molecular complexity index is 1350. The molecule has 0 spiro atoms. The minimum absolute atomic E-state index is 0.0497. The van der Waals surface area contributed by atoms with Crippen LogP contribution in [0.4, 0.5) is 10.1 Å². The molecule has 2 aromatic heterocycles. The van der Waals surface area contributed by atoms with Gasteiger partial charge in [-0.1, -0.05) is 55.1 Å². The second-order valence-corrected chi connectivity index (χ2v) is 9.17. The van der Waals surface area contributed by atoms with Crippen LogP contribution in [-0.4, -0.2) is 21.2 Å². The van der Waals surface area contributed by atoms with Gasteiger partial charge in [-0.05, 0) is 42.0 Å². The molecule has 0 aliphatic rings. The monoisotopic (exact) mass is 467 g/mol. The molecule has 8 heteroatoms. The van der Waals surface area contributed by atoms with Crippen molar-refractivity contribution in [3.8, 4) is 0 Å². The highest BCUT2D eigenvalue weighted by molar-refractivity contribution is 7.99. The second-order valence-electron chi connectivity index (χ2n) is 7.31. The number of para-hydroxylation sites is 1. The van der Waals surface area contributed by atoms with Crippen molar-refractivity contribution in [2.24, 2.45) is 0 Å². The summed E-state index contributed by atoms with van der Waals surface area (Å²) in [6.07, 6.45) is 0.809. The maximum absolute atomic E-state index is 14.3. The standard InChI is InChI=1S/C24H22FN3O2S2/c1-3-16-9-6-7-15(2)21(16)27-20(29)14-32-24-26-19-11-12-31-22(19)23(30)28(24)13-17-8-4-5-10-18(17)25/h4-12H,3,13-14H2,1-2H3,(H,27,29). The fourth-order valence-corrected chi connectivity index (χ4v) is 5.05. The summed E-state index contributed by atoms with van der Waals surface area (Å²) in [7, 11) is 0. The van der Waals surface area contributed by atoms with E-state index in [4.69, 9.17) is 0 Å². The molecular weight excluding hydrogens is 445 g/mol. The molecule has 4 aromatic rings. The average molecular weight is 468 g/mol. The van der Waals surface area contributed by atoms with Crippen LogP contribution in [0.1, 0.15) is 23.6 Å². The van der Waals surface area contributed by atoms with E-state index in [2.05, 4.69) is 10.3 Å². The number of thiophene rings is 1. The molecule has 0 fully saturated rings. The van der Waals surface area contributed by atoms with Crippen molar-refractivity contribution in [2.45, 2.75) is 32.0 Å². The smallest absolute Gasteiger partial charge is 0.272 e. The molecule has 1 amide bonds. The fraction of sp³-hybridized carbons (Fsp3) is 0.208.